The summed E-state index contributed by atoms with van der Waals surface area (Å²) in [6.07, 6.45) is 0. The molecular formula is C13H15ClO3. The Hall–Kier alpha value is -1.35. The summed E-state index contributed by atoms with van der Waals surface area (Å²) in [5.74, 6) is -0.773. The van der Waals surface area contributed by atoms with E-state index in [4.69, 9.17) is 11.6 Å². The second-order valence-electron chi connectivity index (χ2n) is 4.03. The third-order valence-corrected chi connectivity index (χ3v) is 2.88. The Balaban J connectivity index is 2.86. The fourth-order valence-electron chi connectivity index (χ4n) is 1.39. The van der Waals surface area contributed by atoms with E-state index in [-0.39, 0.29) is 0 Å². The number of ketones is 1. The lowest BCUT2D eigenvalue weighted by atomic mass is 10.00. The van der Waals surface area contributed by atoms with Gasteiger partial charge in [0.25, 0.3) is 0 Å². The molecule has 17 heavy (non-hydrogen) atoms. The van der Waals surface area contributed by atoms with Crippen molar-refractivity contribution < 1.29 is 14.3 Å². The van der Waals surface area contributed by atoms with Crippen LogP contribution in [0, 0.1) is 0 Å². The molecule has 92 valence electrons. The van der Waals surface area contributed by atoms with Crippen molar-refractivity contribution in [3.05, 3.63) is 35.4 Å². The van der Waals surface area contributed by atoms with E-state index in [1.807, 2.05) is 12.1 Å². The molecule has 1 atom stereocenters. The number of Topliss-reactive ketones (excluding diaryl/α,β-unsaturated/α-hetero) is 1. The Morgan fingerprint density at radius 1 is 1.18 bits per heavy atom. The smallest absolute Gasteiger partial charge is 0.331 e. The van der Waals surface area contributed by atoms with Crippen LogP contribution in [0.25, 0.3) is 0 Å². The Kier molecular flexibility index (Phi) is 4.70. The molecule has 0 aromatic heterocycles. The van der Waals surface area contributed by atoms with Gasteiger partial charge in [0, 0.05) is 5.56 Å². The Bertz CT molecular complexity index is 409. The molecule has 1 aromatic carbocycles. The van der Waals surface area contributed by atoms with Crippen LogP contribution in [-0.2, 0) is 9.53 Å². The van der Waals surface area contributed by atoms with Crippen molar-refractivity contribution in [3.63, 3.8) is 0 Å². The molecule has 1 unspecified atom stereocenters. The van der Waals surface area contributed by atoms with Gasteiger partial charge in [-0.05, 0) is 11.5 Å². The molecule has 0 spiro atoms. The first kappa shape index (κ1) is 13.7. The van der Waals surface area contributed by atoms with Gasteiger partial charge in [-0.15, -0.1) is 11.6 Å². The van der Waals surface area contributed by atoms with Gasteiger partial charge in [-0.2, -0.15) is 0 Å². The van der Waals surface area contributed by atoms with E-state index in [0.29, 0.717) is 11.5 Å². The molecule has 0 aliphatic carbocycles. The van der Waals surface area contributed by atoms with E-state index < -0.39 is 17.1 Å². The quantitative estimate of drug-likeness (QED) is 0.359. The summed E-state index contributed by atoms with van der Waals surface area (Å²) >= 11 is 5.69. The monoisotopic (exact) mass is 254 g/mol. The second-order valence-corrected chi connectivity index (χ2v) is 4.46. The van der Waals surface area contributed by atoms with Gasteiger partial charge >= 0.3 is 5.97 Å². The lowest BCUT2D eigenvalue weighted by Crippen LogP contribution is -2.25. The maximum absolute atomic E-state index is 11.8. The van der Waals surface area contributed by atoms with Crippen molar-refractivity contribution in [1.29, 1.82) is 0 Å². The highest BCUT2D eigenvalue weighted by atomic mass is 35.5. The van der Waals surface area contributed by atoms with Gasteiger partial charge < -0.3 is 4.74 Å². The highest BCUT2D eigenvalue weighted by Gasteiger charge is 2.25. The first-order valence-corrected chi connectivity index (χ1v) is 5.77. The molecule has 0 fully saturated rings. The molecule has 0 aliphatic rings. The number of halogens is 1. The lowest BCUT2D eigenvalue weighted by molar-refractivity contribution is -0.139. The summed E-state index contributed by atoms with van der Waals surface area (Å²) in [5.41, 5.74) is 1.55. The maximum Gasteiger partial charge on any atom is 0.331 e. The minimum atomic E-state index is -1.27. The van der Waals surface area contributed by atoms with Gasteiger partial charge in [0.2, 0.25) is 0 Å². The summed E-state index contributed by atoms with van der Waals surface area (Å²) in [4.78, 5) is 22.9. The number of carbonyl (C=O) groups excluding carboxylic acids is 2. The van der Waals surface area contributed by atoms with Crippen molar-refractivity contribution in [2.45, 2.75) is 25.1 Å². The molecular weight excluding hydrogens is 240 g/mol. The number of methoxy groups -OCH3 is 1. The van der Waals surface area contributed by atoms with Crippen molar-refractivity contribution in [3.8, 4) is 0 Å². The Morgan fingerprint density at radius 3 is 2.12 bits per heavy atom. The topological polar surface area (TPSA) is 43.4 Å². The summed E-state index contributed by atoms with van der Waals surface area (Å²) < 4.78 is 4.42. The Labute approximate surface area is 106 Å². The largest absolute Gasteiger partial charge is 0.468 e. The molecule has 0 bridgehead atoms. The number of hydrogen-bond donors (Lipinski definition) is 0. The summed E-state index contributed by atoms with van der Waals surface area (Å²) in [7, 11) is 1.20. The summed E-state index contributed by atoms with van der Waals surface area (Å²) in [5, 5.41) is -1.27. The van der Waals surface area contributed by atoms with Gasteiger partial charge in [0.1, 0.15) is 0 Å². The second kappa shape index (κ2) is 5.82. The molecule has 0 heterocycles. The summed E-state index contributed by atoms with van der Waals surface area (Å²) in [6, 6.07) is 7.07. The van der Waals surface area contributed by atoms with Crippen molar-refractivity contribution in [2.75, 3.05) is 7.11 Å². The van der Waals surface area contributed by atoms with Crippen LogP contribution in [0.3, 0.4) is 0 Å². The number of esters is 1. The number of alkyl halides is 1. The molecule has 1 aromatic rings. The zero-order valence-corrected chi connectivity index (χ0v) is 10.8. The van der Waals surface area contributed by atoms with Gasteiger partial charge in [-0.25, -0.2) is 4.79 Å². The third kappa shape index (κ3) is 3.30. The molecule has 0 amide bonds. The van der Waals surface area contributed by atoms with Crippen molar-refractivity contribution in [1.82, 2.24) is 0 Å². The van der Waals surface area contributed by atoms with E-state index in [0.717, 1.165) is 5.56 Å². The highest BCUT2D eigenvalue weighted by molar-refractivity contribution is 6.43. The maximum atomic E-state index is 11.8. The number of hydrogen-bond acceptors (Lipinski definition) is 3. The van der Waals surface area contributed by atoms with E-state index >= 15 is 0 Å². The average Bonchev–Trinajstić information content (AvgIpc) is 2.36. The van der Waals surface area contributed by atoms with Crippen molar-refractivity contribution in [2.24, 2.45) is 0 Å². The molecule has 0 N–H and O–H groups in total. The molecule has 1 rings (SSSR count). The predicted molar refractivity (Wildman–Crippen MR) is 66.5 cm³/mol. The highest BCUT2D eigenvalue weighted by Crippen LogP contribution is 2.16. The molecule has 0 aliphatic heterocycles. The van der Waals surface area contributed by atoms with Gasteiger partial charge in [0.15, 0.2) is 11.2 Å². The first-order chi connectivity index (χ1) is 7.97. The van der Waals surface area contributed by atoms with Gasteiger partial charge in [-0.1, -0.05) is 38.1 Å². The average molecular weight is 255 g/mol. The van der Waals surface area contributed by atoms with Crippen LogP contribution in [0.1, 0.15) is 35.7 Å². The van der Waals surface area contributed by atoms with Crippen LogP contribution < -0.4 is 0 Å². The van der Waals surface area contributed by atoms with Crippen LogP contribution in [0.2, 0.25) is 0 Å². The van der Waals surface area contributed by atoms with E-state index in [1.165, 1.54) is 7.11 Å². The summed E-state index contributed by atoms with van der Waals surface area (Å²) in [6.45, 7) is 4.13. The normalized spacial score (nSPS) is 12.3. The van der Waals surface area contributed by atoms with Crippen LogP contribution in [0.15, 0.2) is 24.3 Å². The van der Waals surface area contributed by atoms with Gasteiger partial charge in [-0.3, -0.25) is 4.79 Å². The molecule has 3 nitrogen and oxygen atoms in total. The van der Waals surface area contributed by atoms with Crippen molar-refractivity contribution >= 4 is 23.4 Å². The minimum Gasteiger partial charge on any atom is -0.468 e. The number of ether oxygens (including phenoxy) is 1. The van der Waals surface area contributed by atoms with E-state index in [9.17, 15) is 9.59 Å². The molecule has 0 saturated heterocycles. The Morgan fingerprint density at radius 2 is 1.71 bits per heavy atom. The van der Waals surface area contributed by atoms with E-state index in [2.05, 4.69) is 18.6 Å². The number of rotatable bonds is 4. The molecule has 0 radical (unpaired) electrons. The van der Waals surface area contributed by atoms with Crippen LogP contribution in [-0.4, -0.2) is 24.2 Å². The predicted octanol–water partition coefficient (Wildman–Crippen LogP) is 2.77. The zero-order chi connectivity index (χ0) is 13.0. The zero-order valence-electron chi connectivity index (χ0n) is 10.1. The number of carbonyl (C=O) groups is 2. The van der Waals surface area contributed by atoms with Crippen LogP contribution >= 0.6 is 11.6 Å². The molecule has 0 saturated carbocycles. The SMILES string of the molecule is COC(=O)C(Cl)C(=O)c1ccc(C(C)C)cc1. The van der Waals surface area contributed by atoms with Gasteiger partial charge in [0.05, 0.1) is 7.11 Å². The minimum absolute atomic E-state index is 0.395. The fraction of sp³-hybridized carbons (Fsp3) is 0.385. The fourth-order valence-corrected chi connectivity index (χ4v) is 1.60. The standard InChI is InChI=1S/C13H15ClO3/c1-8(2)9-4-6-10(7-5-9)12(15)11(14)13(16)17-3/h4-8,11H,1-3H3. The molecule has 4 heteroatoms. The third-order valence-electron chi connectivity index (χ3n) is 2.50. The van der Waals surface area contributed by atoms with Crippen LogP contribution in [0.5, 0.6) is 0 Å². The number of benzene rings is 1. The lowest BCUT2D eigenvalue weighted by Gasteiger charge is -2.08. The van der Waals surface area contributed by atoms with E-state index in [1.54, 1.807) is 12.1 Å². The first-order valence-electron chi connectivity index (χ1n) is 5.33. The van der Waals surface area contributed by atoms with Crippen LogP contribution in [0.4, 0.5) is 0 Å².